The first-order valence-corrected chi connectivity index (χ1v) is 30.4. The third kappa shape index (κ3) is 11.2. The summed E-state index contributed by atoms with van der Waals surface area (Å²) in [6, 6.07) is 83.0. The molecule has 87 heavy (non-hydrogen) atoms. The number of furan rings is 1. The molecule has 1 aromatic heterocycles. The fourth-order valence-electron chi connectivity index (χ4n) is 12.8. The molecule has 0 radical (unpaired) electrons. The quantitative estimate of drug-likeness (QED) is 0.117. The zero-order valence-electron chi connectivity index (χ0n) is 53.8. The molecular formula is C80H78BCd2N3O-2. The smallest absolute Gasteiger partial charge is 0.252 e. The van der Waals surface area contributed by atoms with Crippen molar-refractivity contribution in [2.45, 2.75) is 131 Å². The Morgan fingerprint density at radius 3 is 1.53 bits per heavy atom. The molecule has 0 spiro atoms. The van der Waals surface area contributed by atoms with Crippen LogP contribution in [0.5, 0.6) is 0 Å². The fraction of sp³-hybridized carbons (Fsp3) is 0.250. The Morgan fingerprint density at radius 1 is 0.391 bits per heavy atom. The molecule has 13 rings (SSSR count). The average Bonchev–Trinajstić information content (AvgIpc) is 1.17. The zero-order valence-corrected chi connectivity index (χ0v) is 61.9. The number of para-hydroxylation sites is 2. The van der Waals surface area contributed by atoms with Gasteiger partial charge in [0.15, 0.2) is 0 Å². The first-order chi connectivity index (χ1) is 40.3. The van der Waals surface area contributed by atoms with Gasteiger partial charge in [-0.05, 0) is 144 Å². The topological polar surface area (TPSA) is 22.9 Å². The second-order valence-electron chi connectivity index (χ2n) is 29.0. The van der Waals surface area contributed by atoms with Crippen LogP contribution in [-0.4, -0.2) is 6.71 Å². The molecule has 10 aromatic carbocycles. The van der Waals surface area contributed by atoms with Gasteiger partial charge < -0.3 is 31.2 Å². The largest absolute Gasteiger partial charge is 0.455 e. The van der Waals surface area contributed by atoms with Gasteiger partial charge in [-0.15, -0.1) is 5.41 Å². The summed E-state index contributed by atoms with van der Waals surface area (Å²) in [5.41, 5.74) is 25.8. The van der Waals surface area contributed by atoms with E-state index in [9.17, 15) is 0 Å². The van der Waals surface area contributed by atoms with Crippen molar-refractivity contribution >= 4 is 96.2 Å². The first kappa shape index (κ1) is 61.9. The number of fused-ring (bicyclic) bond motifs is 7. The molecule has 0 saturated heterocycles. The van der Waals surface area contributed by atoms with Gasteiger partial charge in [-0.3, -0.25) is 17.7 Å². The maximum atomic E-state index is 6.66. The summed E-state index contributed by atoms with van der Waals surface area (Å²) in [5.74, 6) is 0. The molecular weight excluding hydrogens is 1250 g/mol. The van der Waals surface area contributed by atoms with Crippen LogP contribution in [0.25, 0.3) is 44.2 Å². The number of nitrogens with zero attached hydrogens (tertiary/aromatic N) is 3. The Kier molecular flexibility index (Phi) is 16.2. The van der Waals surface area contributed by atoms with Crippen LogP contribution >= 0.6 is 0 Å². The van der Waals surface area contributed by atoms with Crippen LogP contribution in [0.3, 0.4) is 0 Å². The van der Waals surface area contributed by atoms with Gasteiger partial charge in [0.2, 0.25) is 0 Å². The number of benzene rings is 10. The van der Waals surface area contributed by atoms with Gasteiger partial charge in [0.25, 0.3) is 6.71 Å². The van der Waals surface area contributed by atoms with E-state index < -0.39 is 0 Å². The van der Waals surface area contributed by atoms with Crippen molar-refractivity contribution in [2.75, 3.05) is 14.7 Å². The van der Waals surface area contributed by atoms with Crippen molar-refractivity contribution in [1.82, 2.24) is 0 Å². The summed E-state index contributed by atoms with van der Waals surface area (Å²) in [6.45, 7) is 34.5. The molecule has 7 heteroatoms. The van der Waals surface area contributed by atoms with Crippen molar-refractivity contribution in [3.8, 4) is 22.3 Å². The van der Waals surface area contributed by atoms with Crippen molar-refractivity contribution in [3.63, 3.8) is 0 Å². The van der Waals surface area contributed by atoms with Crippen molar-refractivity contribution in [1.29, 1.82) is 0 Å². The van der Waals surface area contributed by atoms with E-state index in [1.54, 1.807) is 0 Å². The Hall–Kier alpha value is -6.69. The van der Waals surface area contributed by atoms with Crippen LogP contribution in [0.4, 0.5) is 51.2 Å². The molecule has 0 fully saturated rings. The van der Waals surface area contributed by atoms with Gasteiger partial charge in [-0.25, -0.2) is 0 Å². The van der Waals surface area contributed by atoms with Crippen LogP contribution in [-0.2, 0) is 81.7 Å². The van der Waals surface area contributed by atoms with E-state index in [2.05, 4.69) is 325 Å². The van der Waals surface area contributed by atoms with Gasteiger partial charge in [0.1, 0.15) is 11.2 Å². The van der Waals surface area contributed by atoms with Gasteiger partial charge in [0, 0.05) is 116 Å². The Morgan fingerprint density at radius 2 is 0.897 bits per heavy atom. The van der Waals surface area contributed by atoms with Crippen molar-refractivity contribution in [3.05, 3.63) is 240 Å². The van der Waals surface area contributed by atoms with Gasteiger partial charge >= 0.3 is 0 Å². The number of hydrogen-bond donors (Lipinski definition) is 0. The maximum absolute atomic E-state index is 6.66. The van der Waals surface area contributed by atoms with E-state index in [0.717, 1.165) is 84.3 Å². The summed E-state index contributed by atoms with van der Waals surface area (Å²) < 4.78 is 6.66. The minimum atomic E-state index is -0.213. The van der Waals surface area contributed by atoms with E-state index in [1.165, 1.54) is 55.3 Å². The summed E-state index contributed by atoms with van der Waals surface area (Å²) in [5, 5.41) is 2.25. The molecule has 2 aliphatic heterocycles. The summed E-state index contributed by atoms with van der Waals surface area (Å²) in [7, 11) is 0. The number of hydrogen-bond acceptors (Lipinski definition) is 4. The Bertz CT molecular complexity index is 4380. The van der Waals surface area contributed by atoms with E-state index in [-0.39, 0.29) is 88.4 Å². The van der Waals surface area contributed by atoms with Crippen molar-refractivity contribution < 1.29 is 59.0 Å². The fourth-order valence-corrected chi connectivity index (χ4v) is 12.8. The van der Waals surface area contributed by atoms with Crippen LogP contribution in [0, 0.1) is 12.1 Å². The second-order valence-corrected chi connectivity index (χ2v) is 29.0. The standard InChI is InChI=1S/C80H78BN3O.2Cd/c1-76(2,3)53-30-38-58(39-31-53)82(68-45-35-55(78(7,8)9)46-65(68)51-22-17-16-18-23-51)61-42-44-67-70(50-61)84(59-36-28-52(29-37-59)62-25-21-26-64-63-24-19-20-27-73(63)85-75(62)64)72-49-57(80(13,14)15)48-71-74(72)81(67)66-43-34-56(79(10,11)12)47-69(66)83(71)60-40-32-54(33-41-60)77(4,5)6;;/h16-39,42-50H,1-15H3;;/q-2;;. The molecule has 3 heterocycles. The average molecular weight is 1330 g/mol. The summed E-state index contributed by atoms with van der Waals surface area (Å²) in [6.07, 6.45) is 0. The monoisotopic (exact) mass is 1340 g/mol. The minimum absolute atomic E-state index is 0. The van der Waals surface area contributed by atoms with Gasteiger partial charge in [0.05, 0.1) is 5.69 Å². The first-order valence-electron chi connectivity index (χ1n) is 30.4. The molecule has 2 aliphatic rings. The predicted molar refractivity (Wildman–Crippen MR) is 364 cm³/mol. The summed E-state index contributed by atoms with van der Waals surface area (Å²) in [4.78, 5) is 7.55. The van der Waals surface area contributed by atoms with Gasteiger partial charge in [-0.2, -0.15) is 5.69 Å². The second kappa shape index (κ2) is 22.7. The van der Waals surface area contributed by atoms with E-state index in [0.29, 0.717) is 0 Å². The minimum Gasteiger partial charge on any atom is -0.455 e. The number of rotatable bonds is 7. The molecule has 4 nitrogen and oxygen atoms in total. The number of anilines is 9. The molecule has 0 atom stereocenters. The molecule has 0 amide bonds. The molecule has 0 bridgehead atoms. The van der Waals surface area contributed by atoms with Crippen LogP contribution in [0.1, 0.15) is 132 Å². The van der Waals surface area contributed by atoms with E-state index in [4.69, 9.17) is 4.42 Å². The Balaban J connectivity index is 0.00000392. The van der Waals surface area contributed by atoms with Crippen molar-refractivity contribution in [2.24, 2.45) is 0 Å². The normalized spacial score (nSPS) is 13.2. The Labute approximate surface area is 558 Å². The molecule has 11 aromatic rings. The third-order valence-corrected chi connectivity index (χ3v) is 17.9. The third-order valence-electron chi connectivity index (χ3n) is 17.9. The molecule has 0 aliphatic carbocycles. The van der Waals surface area contributed by atoms with Gasteiger partial charge in [-0.1, -0.05) is 219 Å². The van der Waals surface area contributed by atoms with E-state index >= 15 is 0 Å². The van der Waals surface area contributed by atoms with Crippen LogP contribution < -0.4 is 31.1 Å². The SMILES string of the molecule is CC(C)(C)c1c[c-]c(N2c3cc(C(C)(C)C)ccc3B3c4ccc(N(c5ccc(C(C)(C)C)cc5)c5ccc(C(C)(C)C)cc5-c5ccccc5)cc4N(c4ccc(-c5cccc6c5oc5ccccc56)cc4)c4cc(C(C)(C)C)cc2c43)[c-]c1.[Cd].[Cd]. The zero-order chi connectivity index (χ0) is 59.7. The molecule has 0 unspecified atom stereocenters. The maximum Gasteiger partial charge on any atom is 0.252 e. The summed E-state index contributed by atoms with van der Waals surface area (Å²) >= 11 is 0. The molecule has 428 valence electrons. The van der Waals surface area contributed by atoms with E-state index in [1.807, 2.05) is 6.07 Å². The van der Waals surface area contributed by atoms with Crippen LogP contribution in [0.2, 0.25) is 0 Å². The predicted octanol–water partition coefficient (Wildman–Crippen LogP) is 20.6. The molecule has 0 N–H and O–H groups in total. The molecule has 0 saturated carbocycles. The van der Waals surface area contributed by atoms with Crippen LogP contribution in [0.15, 0.2) is 205 Å².